The summed E-state index contributed by atoms with van der Waals surface area (Å²) in [6, 6.07) is 3.94. The quantitative estimate of drug-likeness (QED) is 0.435. The van der Waals surface area contributed by atoms with Crippen molar-refractivity contribution in [3.63, 3.8) is 0 Å². The van der Waals surface area contributed by atoms with E-state index in [4.69, 9.17) is 11.6 Å². The predicted octanol–water partition coefficient (Wildman–Crippen LogP) is 5.48. The Kier molecular flexibility index (Phi) is 7.26. The first-order chi connectivity index (χ1) is 8.65. The van der Waals surface area contributed by atoms with Crippen molar-refractivity contribution in [2.75, 3.05) is 0 Å². The van der Waals surface area contributed by atoms with Crippen LogP contribution >= 0.6 is 11.6 Å². The van der Waals surface area contributed by atoms with Gasteiger partial charge in [0, 0.05) is 10.9 Å². The third-order valence-corrected chi connectivity index (χ3v) is 3.48. The second-order valence-electron chi connectivity index (χ2n) is 4.70. The Morgan fingerprint density at radius 2 is 1.67 bits per heavy atom. The summed E-state index contributed by atoms with van der Waals surface area (Å²) >= 11 is 6.14. The molecule has 102 valence electrons. The van der Waals surface area contributed by atoms with E-state index in [0.717, 1.165) is 19.3 Å². The van der Waals surface area contributed by atoms with Gasteiger partial charge in [-0.25, -0.2) is 8.78 Å². The van der Waals surface area contributed by atoms with E-state index < -0.39 is 11.6 Å². The van der Waals surface area contributed by atoms with Crippen LogP contribution in [-0.2, 0) is 6.42 Å². The van der Waals surface area contributed by atoms with Gasteiger partial charge in [0.1, 0.15) is 11.6 Å². The number of benzene rings is 1. The van der Waals surface area contributed by atoms with Gasteiger partial charge in [0.15, 0.2) is 0 Å². The molecule has 3 heteroatoms. The molecule has 0 radical (unpaired) electrons. The number of rotatable bonds is 8. The van der Waals surface area contributed by atoms with E-state index >= 15 is 0 Å². The minimum atomic E-state index is -0.494. The molecule has 0 heterocycles. The molecular weight excluding hydrogens is 254 g/mol. The summed E-state index contributed by atoms with van der Waals surface area (Å²) in [4.78, 5) is 0. The lowest BCUT2D eigenvalue weighted by molar-refractivity contribution is 0.539. The Morgan fingerprint density at radius 1 is 1.06 bits per heavy atom. The lowest BCUT2D eigenvalue weighted by Gasteiger charge is -2.10. The molecule has 0 bridgehead atoms. The first kappa shape index (κ1) is 15.4. The molecule has 1 aromatic rings. The fourth-order valence-electron chi connectivity index (χ4n) is 2.02. The minimum absolute atomic E-state index is 0.117. The molecule has 0 aliphatic heterocycles. The van der Waals surface area contributed by atoms with Gasteiger partial charge in [-0.15, -0.1) is 11.6 Å². The van der Waals surface area contributed by atoms with E-state index in [1.807, 2.05) is 0 Å². The predicted molar refractivity (Wildman–Crippen MR) is 73.1 cm³/mol. The summed E-state index contributed by atoms with van der Waals surface area (Å²) in [6.07, 6.45) is 6.95. The van der Waals surface area contributed by atoms with Crippen LogP contribution in [0.1, 0.15) is 51.0 Å². The van der Waals surface area contributed by atoms with Gasteiger partial charge >= 0.3 is 0 Å². The van der Waals surface area contributed by atoms with Crippen molar-refractivity contribution in [3.05, 3.63) is 35.4 Å². The highest BCUT2D eigenvalue weighted by Gasteiger charge is 2.13. The fraction of sp³-hybridized carbons (Fsp3) is 0.600. The van der Waals surface area contributed by atoms with Gasteiger partial charge in [-0.05, 0) is 25.0 Å². The zero-order valence-corrected chi connectivity index (χ0v) is 11.6. The Hall–Kier alpha value is -0.630. The van der Waals surface area contributed by atoms with Gasteiger partial charge in [0.05, 0.1) is 0 Å². The molecule has 1 atom stereocenters. The lowest BCUT2D eigenvalue weighted by atomic mass is 10.0. The second kappa shape index (κ2) is 8.47. The smallest absolute Gasteiger partial charge is 0.129 e. The van der Waals surface area contributed by atoms with Crippen molar-refractivity contribution in [1.82, 2.24) is 0 Å². The van der Waals surface area contributed by atoms with E-state index in [0.29, 0.717) is 0 Å². The average Bonchev–Trinajstić information content (AvgIpc) is 2.34. The first-order valence-corrected chi connectivity index (χ1v) is 7.15. The largest absolute Gasteiger partial charge is 0.207 e. The van der Waals surface area contributed by atoms with Crippen LogP contribution < -0.4 is 0 Å². The maximum Gasteiger partial charge on any atom is 0.129 e. The molecule has 1 rings (SSSR count). The average molecular weight is 275 g/mol. The maximum atomic E-state index is 13.4. The molecule has 0 amide bonds. The van der Waals surface area contributed by atoms with Crippen LogP contribution in [0.4, 0.5) is 8.78 Å². The molecule has 1 aromatic carbocycles. The van der Waals surface area contributed by atoms with Crippen LogP contribution in [0.3, 0.4) is 0 Å². The van der Waals surface area contributed by atoms with Gasteiger partial charge in [0.2, 0.25) is 0 Å². The summed E-state index contributed by atoms with van der Waals surface area (Å²) in [5.74, 6) is -0.988. The zero-order valence-electron chi connectivity index (χ0n) is 10.9. The van der Waals surface area contributed by atoms with Gasteiger partial charge < -0.3 is 0 Å². The summed E-state index contributed by atoms with van der Waals surface area (Å²) < 4.78 is 26.8. The Morgan fingerprint density at radius 3 is 2.28 bits per heavy atom. The SMILES string of the molecule is CCCCCCCC(Cl)Cc1c(F)cccc1F. The molecule has 0 aliphatic carbocycles. The molecule has 0 aromatic heterocycles. The van der Waals surface area contributed by atoms with E-state index in [2.05, 4.69) is 6.92 Å². The van der Waals surface area contributed by atoms with Crippen LogP contribution in [0.15, 0.2) is 18.2 Å². The standard InChI is InChI=1S/C15H21ClF2/c1-2-3-4-5-6-8-12(16)11-13-14(17)9-7-10-15(13)18/h7,9-10,12H,2-6,8,11H2,1H3. The highest BCUT2D eigenvalue weighted by atomic mass is 35.5. The van der Waals surface area contributed by atoms with Crippen molar-refractivity contribution in [3.8, 4) is 0 Å². The fourth-order valence-corrected chi connectivity index (χ4v) is 2.33. The molecule has 0 saturated heterocycles. The van der Waals surface area contributed by atoms with E-state index in [1.54, 1.807) is 0 Å². The Labute approximate surface area is 113 Å². The van der Waals surface area contributed by atoms with Gasteiger partial charge in [-0.2, -0.15) is 0 Å². The second-order valence-corrected chi connectivity index (χ2v) is 5.32. The molecule has 0 nitrogen and oxygen atoms in total. The molecule has 0 aliphatic rings. The summed E-state index contributed by atoms with van der Waals surface area (Å²) in [5.41, 5.74) is 0.117. The van der Waals surface area contributed by atoms with Crippen molar-refractivity contribution in [2.45, 2.75) is 57.2 Å². The molecule has 0 N–H and O–H groups in total. The number of halogens is 3. The Bertz CT molecular complexity index is 332. The number of hydrogen-bond donors (Lipinski definition) is 0. The van der Waals surface area contributed by atoms with E-state index in [9.17, 15) is 8.78 Å². The summed E-state index contributed by atoms with van der Waals surface area (Å²) in [6.45, 7) is 2.17. The van der Waals surface area contributed by atoms with E-state index in [-0.39, 0.29) is 17.4 Å². The monoisotopic (exact) mass is 274 g/mol. The number of hydrogen-bond acceptors (Lipinski definition) is 0. The first-order valence-electron chi connectivity index (χ1n) is 6.72. The number of alkyl halides is 1. The Balaban J connectivity index is 2.33. The molecule has 0 saturated carbocycles. The number of unbranched alkanes of at least 4 members (excludes halogenated alkanes) is 4. The normalized spacial score (nSPS) is 12.7. The van der Waals surface area contributed by atoms with Crippen LogP contribution in [0, 0.1) is 11.6 Å². The zero-order chi connectivity index (χ0) is 13.4. The van der Waals surface area contributed by atoms with E-state index in [1.165, 1.54) is 37.5 Å². The van der Waals surface area contributed by atoms with Crippen molar-refractivity contribution in [1.29, 1.82) is 0 Å². The molecule has 18 heavy (non-hydrogen) atoms. The third-order valence-electron chi connectivity index (χ3n) is 3.11. The van der Waals surface area contributed by atoms with Gasteiger partial charge in [-0.1, -0.05) is 45.1 Å². The highest BCUT2D eigenvalue weighted by Crippen LogP contribution is 2.20. The molecular formula is C15H21ClF2. The van der Waals surface area contributed by atoms with Crippen LogP contribution in [0.2, 0.25) is 0 Å². The third kappa shape index (κ3) is 5.34. The topological polar surface area (TPSA) is 0 Å². The summed E-state index contributed by atoms with van der Waals surface area (Å²) in [5, 5.41) is -0.182. The van der Waals surface area contributed by atoms with Crippen LogP contribution in [0.5, 0.6) is 0 Å². The van der Waals surface area contributed by atoms with Crippen LogP contribution in [0.25, 0.3) is 0 Å². The van der Waals surface area contributed by atoms with Gasteiger partial charge in [0.25, 0.3) is 0 Å². The molecule has 0 fully saturated rings. The van der Waals surface area contributed by atoms with Crippen LogP contribution in [-0.4, -0.2) is 5.38 Å². The maximum absolute atomic E-state index is 13.4. The lowest BCUT2D eigenvalue weighted by Crippen LogP contribution is -2.07. The highest BCUT2D eigenvalue weighted by molar-refractivity contribution is 6.20. The van der Waals surface area contributed by atoms with Crippen molar-refractivity contribution >= 4 is 11.6 Å². The van der Waals surface area contributed by atoms with Crippen molar-refractivity contribution < 1.29 is 8.78 Å². The van der Waals surface area contributed by atoms with Gasteiger partial charge in [-0.3, -0.25) is 0 Å². The van der Waals surface area contributed by atoms with Crippen molar-refractivity contribution in [2.24, 2.45) is 0 Å². The minimum Gasteiger partial charge on any atom is -0.207 e. The summed E-state index contributed by atoms with van der Waals surface area (Å²) in [7, 11) is 0. The molecule has 0 spiro atoms. The molecule has 1 unspecified atom stereocenters.